The van der Waals surface area contributed by atoms with Gasteiger partial charge in [0.15, 0.2) is 5.96 Å². The molecule has 0 amide bonds. The van der Waals surface area contributed by atoms with Crippen LogP contribution in [0.25, 0.3) is 0 Å². The maximum Gasteiger partial charge on any atom is 0.218 e. The smallest absolute Gasteiger partial charge is 0.218 e. The molecule has 0 bridgehead atoms. The number of hydrogen-bond acceptors (Lipinski definition) is 3. The first-order chi connectivity index (χ1) is 10.8. The lowest BCUT2D eigenvalue weighted by molar-refractivity contribution is 0.299. The first-order valence-electron chi connectivity index (χ1n) is 8.25. The van der Waals surface area contributed by atoms with Gasteiger partial charge < -0.3 is 15.0 Å². The summed E-state index contributed by atoms with van der Waals surface area (Å²) in [4.78, 5) is 11.1. The molecule has 2 heterocycles. The first kappa shape index (κ1) is 18.3. The van der Waals surface area contributed by atoms with Crippen LogP contribution in [0.1, 0.15) is 31.2 Å². The molecule has 1 saturated heterocycles. The van der Waals surface area contributed by atoms with Gasteiger partial charge in [-0.15, -0.1) is 24.0 Å². The van der Waals surface area contributed by atoms with Crippen molar-refractivity contribution in [1.29, 1.82) is 0 Å². The van der Waals surface area contributed by atoms with Crippen molar-refractivity contribution in [1.82, 2.24) is 15.2 Å². The third kappa shape index (κ3) is 4.28. The van der Waals surface area contributed by atoms with E-state index in [1.807, 2.05) is 19.2 Å². The van der Waals surface area contributed by atoms with Gasteiger partial charge in [-0.2, -0.15) is 0 Å². The number of aromatic nitrogens is 1. The molecule has 1 aliphatic carbocycles. The van der Waals surface area contributed by atoms with Crippen molar-refractivity contribution in [3.8, 4) is 5.88 Å². The second-order valence-electron chi connectivity index (χ2n) is 6.28. The van der Waals surface area contributed by atoms with Crippen molar-refractivity contribution in [2.45, 2.75) is 32.2 Å². The first-order valence-corrected chi connectivity index (χ1v) is 8.25. The lowest BCUT2D eigenvalue weighted by Crippen LogP contribution is -2.40. The van der Waals surface area contributed by atoms with Crippen molar-refractivity contribution in [3.63, 3.8) is 0 Å². The van der Waals surface area contributed by atoms with Gasteiger partial charge >= 0.3 is 0 Å². The van der Waals surface area contributed by atoms with Crippen LogP contribution in [-0.4, -0.2) is 43.1 Å². The van der Waals surface area contributed by atoms with E-state index in [2.05, 4.69) is 20.2 Å². The zero-order chi connectivity index (χ0) is 15.4. The highest BCUT2D eigenvalue weighted by molar-refractivity contribution is 14.0. The molecule has 2 atom stereocenters. The van der Waals surface area contributed by atoms with Gasteiger partial charge in [-0.25, -0.2) is 4.98 Å². The Labute approximate surface area is 155 Å². The number of rotatable bonds is 3. The number of fused-ring (bicyclic) bond motifs is 1. The van der Waals surface area contributed by atoms with Crippen molar-refractivity contribution in [3.05, 3.63) is 23.9 Å². The van der Waals surface area contributed by atoms with Gasteiger partial charge in [0.2, 0.25) is 5.88 Å². The zero-order valence-electron chi connectivity index (χ0n) is 14.0. The van der Waals surface area contributed by atoms with Crippen molar-refractivity contribution >= 4 is 29.9 Å². The Bertz CT molecular complexity index is 523. The average molecular weight is 430 g/mol. The number of hydrogen-bond donors (Lipinski definition) is 1. The Morgan fingerprint density at radius 1 is 1.35 bits per heavy atom. The topological polar surface area (TPSA) is 49.8 Å². The van der Waals surface area contributed by atoms with Crippen LogP contribution >= 0.6 is 24.0 Å². The molecule has 1 saturated carbocycles. The SMILES string of the molecule is CN=C(NCc1cccnc1OC)N1CC2CCCCC2C1.I. The monoisotopic (exact) mass is 430 g/mol. The molecule has 2 unspecified atom stereocenters. The van der Waals surface area contributed by atoms with Crippen LogP contribution in [0.15, 0.2) is 23.3 Å². The molecule has 1 N–H and O–H groups in total. The van der Waals surface area contributed by atoms with Gasteiger partial charge in [0, 0.05) is 38.4 Å². The highest BCUT2D eigenvalue weighted by atomic mass is 127. The van der Waals surface area contributed by atoms with Crippen LogP contribution in [0.2, 0.25) is 0 Å². The van der Waals surface area contributed by atoms with Crippen molar-refractivity contribution in [2.75, 3.05) is 27.2 Å². The summed E-state index contributed by atoms with van der Waals surface area (Å²) in [7, 11) is 3.52. The number of halogens is 1. The van der Waals surface area contributed by atoms with Gasteiger partial charge in [0.05, 0.1) is 7.11 Å². The predicted octanol–water partition coefficient (Wildman–Crippen LogP) is 2.91. The van der Waals surface area contributed by atoms with Crippen molar-refractivity contribution < 1.29 is 4.74 Å². The number of likely N-dealkylation sites (tertiary alicyclic amines) is 1. The maximum atomic E-state index is 5.31. The summed E-state index contributed by atoms with van der Waals surface area (Å²) in [5.74, 6) is 3.40. The molecule has 1 aromatic rings. The summed E-state index contributed by atoms with van der Waals surface area (Å²) in [6.07, 6.45) is 7.31. The second kappa shape index (κ2) is 8.70. The molecule has 6 heteroatoms. The largest absolute Gasteiger partial charge is 0.481 e. The third-order valence-corrected chi connectivity index (χ3v) is 4.97. The summed E-state index contributed by atoms with van der Waals surface area (Å²) in [6, 6.07) is 3.97. The summed E-state index contributed by atoms with van der Waals surface area (Å²) >= 11 is 0. The molecule has 128 valence electrons. The van der Waals surface area contributed by atoms with E-state index >= 15 is 0 Å². The average Bonchev–Trinajstić information content (AvgIpc) is 2.99. The second-order valence-corrected chi connectivity index (χ2v) is 6.28. The number of aliphatic imine (C=N–C) groups is 1. The standard InChI is InChI=1S/C17H26N4O.HI/c1-18-17(20-10-13-8-5-9-19-16(13)22-2)21-11-14-6-3-4-7-15(14)12-21;/h5,8-9,14-15H,3-4,6-7,10-12H2,1-2H3,(H,18,20);1H. The quantitative estimate of drug-likeness (QED) is 0.455. The summed E-state index contributed by atoms with van der Waals surface area (Å²) < 4.78 is 5.31. The normalized spacial score (nSPS) is 23.9. The van der Waals surface area contributed by atoms with Crippen LogP contribution in [0.4, 0.5) is 0 Å². The molecule has 3 rings (SSSR count). The van der Waals surface area contributed by atoms with Crippen LogP contribution in [0.3, 0.4) is 0 Å². The lowest BCUT2D eigenvalue weighted by Gasteiger charge is -2.22. The molecule has 0 radical (unpaired) electrons. The Kier molecular flexibility index (Phi) is 6.92. The maximum absolute atomic E-state index is 5.31. The number of methoxy groups -OCH3 is 1. The summed E-state index contributed by atoms with van der Waals surface area (Å²) in [6.45, 7) is 2.98. The molecule has 1 aromatic heterocycles. The minimum absolute atomic E-state index is 0. The molecular formula is C17H27IN4O. The van der Waals surface area contributed by atoms with Gasteiger partial charge in [0.1, 0.15) is 0 Å². The minimum Gasteiger partial charge on any atom is -0.481 e. The fourth-order valence-electron chi connectivity index (χ4n) is 3.83. The van der Waals surface area contributed by atoms with Crippen LogP contribution in [0.5, 0.6) is 5.88 Å². The zero-order valence-corrected chi connectivity index (χ0v) is 16.3. The molecule has 0 spiro atoms. The summed E-state index contributed by atoms with van der Waals surface area (Å²) in [5.41, 5.74) is 1.06. The van der Waals surface area contributed by atoms with Crippen LogP contribution in [0, 0.1) is 11.8 Å². The fraction of sp³-hybridized carbons (Fsp3) is 0.647. The Balaban J connectivity index is 0.00000192. The summed E-state index contributed by atoms with van der Waals surface area (Å²) in [5, 5.41) is 3.47. The van der Waals surface area contributed by atoms with Crippen LogP contribution < -0.4 is 10.1 Å². The Morgan fingerprint density at radius 2 is 2.04 bits per heavy atom. The highest BCUT2D eigenvalue weighted by Crippen LogP contribution is 2.35. The van der Waals surface area contributed by atoms with E-state index in [1.54, 1.807) is 13.3 Å². The van der Waals surface area contributed by atoms with E-state index in [0.29, 0.717) is 12.4 Å². The Hall–Kier alpha value is -1.05. The molecule has 0 aromatic carbocycles. The van der Waals surface area contributed by atoms with E-state index < -0.39 is 0 Å². The van der Waals surface area contributed by atoms with E-state index in [1.165, 1.54) is 25.7 Å². The number of nitrogens with one attached hydrogen (secondary N) is 1. The molecular weight excluding hydrogens is 403 g/mol. The molecule has 2 fully saturated rings. The van der Waals surface area contributed by atoms with E-state index in [4.69, 9.17) is 4.74 Å². The minimum atomic E-state index is 0. The number of nitrogens with zero attached hydrogens (tertiary/aromatic N) is 3. The molecule has 1 aliphatic heterocycles. The van der Waals surface area contributed by atoms with Gasteiger partial charge in [-0.05, 0) is 30.7 Å². The molecule has 2 aliphatic rings. The number of pyridine rings is 1. The fourth-order valence-corrected chi connectivity index (χ4v) is 3.83. The van der Waals surface area contributed by atoms with Gasteiger partial charge in [-0.3, -0.25) is 4.99 Å². The van der Waals surface area contributed by atoms with Crippen LogP contribution in [-0.2, 0) is 6.54 Å². The Morgan fingerprint density at radius 3 is 2.65 bits per heavy atom. The lowest BCUT2D eigenvalue weighted by atomic mass is 9.82. The third-order valence-electron chi connectivity index (χ3n) is 4.97. The van der Waals surface area contributed by atoms with E-state index in [0.717, 1.165) is 36.4 Å². The number of guanidine groups is 1. The van der Waals surface area contributed by atoms with E-state index in [9.17, 15) is 0 Å². The van der Waals surface area contributed by atoms with E-state index in [-0.39, 0.29) is 24.0 Å². The van der Waals surface area contributed by atoms with Gasteiger partial charge in [-0.1, -0.05) is 18.9 Å². The van der Waals surface area contributed by atoms with Crippen molar-refractivity contribution in [2.24, 2.45) is 16.8 Å². The van der Waals surface area contributed by atoms with Gasteiger partial charge in [0.25, 0.3) is 0 Å². The predicted molar refractivity (Wildman–Crippen MR) is 103 cm³/mol. The number of ether oxygens (including phenoxy) is 1. The molecule has 23 heavy (non-hydrogen) atoms. The highest BCUT2D eigenvalue weighted by Gasteiger charge is 2.35. The molecule has 5 nitrogen and oxygen atoms in total.